The molecule has 3 aromatic carbocycles. The Morgan fingerprint density at radius 1 is 1.00 bits per heavy atom. The van der Waals surface area contributed by atoms with E-state index < -0.39 is 16.0 Å². The number of hydrogen-bond donors (Lipinski definition) is 2. The molecule has 8 heteroatoms. The van der Waals surface area contributed by atoms with Gasteiger partial charge < -0.3 is 9.84 Å². The molecule has 0 radical (unpaired) electrons. The van der Waals surface area contributed by atoms with Crippen LogP contribution < -0.4 is 9.46 Å². The van der Waals surface area contributed by atoms with Gasteiger partial charge >= 0.3 is 5.97 Å². The lowest BCUT2D eigenvalue weighted by Gasteiger charge is -2.14. The maximum Gasteiger partial charge on any atom is 0.335 e. The predicted molar refractivity (Wildman–Crippen MR) is 116 cm³/mol. The molecular formula is C22H20ClNO5S. The second kappa shape index (κ2) is 9.65. The Balaban J connectivity index is 1.63. The Labute approximate surface area is 180 Å². The van der Waals surface area contributed by atoms with Crippen LogP contribution in [0.5, 0.6) is 5.75 Å². The molecule has 156 valence electrons. The van der Waals surface area contributed by atoms with Gasteiger partial charge in [-0.1, -0.05) is 41.9 Å². The van der Waals surface area contributed by atoms with Crippen molar-refractivity contribution in [2.24, 2.45) is 0 Å². The molecule has 0 aliphatic heterocycles. The zero-order valence-corrected chi connectivity index (χ0v) is 17.5. The highest BCUT2D eigenvalue weighted by Crippen LogP contribution is 2.30. The number of carboxylic acid groups (broad SMARTS) is 1. The Hall–Kier alpha value is -3.03. The molecule has 3 rings (SSSR count). The third-order valence-electron chi connectivity index (χ3n) is 4.31. The van der Waals surface area contributed by atoms with Crippen LogP contribution in [0.15, 0.2) is 77.7 Å². The molecule has 6 nitrogen and oxygen atoms in total. The van der Waals surface area contributed by atoms with E-state index in [1.807, 2.05) is 0 Å². The third-order valence-corrected chi connectivity index (χ3v) is 5.93. The third kappa shape index (κ3) is 5.75. The summed E-state index contributed by atoms with van der Waals surface area (Å²) in [5, 5.41) is 9.37. The molecule has 0 spiro atoms. The maximum absolute atomic E-state index is 12.6. The van der Waals surface area contributed by atoms with Crippen molar-refractivity contribution in [3.8, 4) is 5.75 Å². The summed E-state index contributed by atoms with van der Waals surface area (Å²) < 4.78 is 33.5. The average molecular weight is 446 g/mol. The summed E-state index contributed by atoms with van der Waals surface area (Å²) in [6.07, 6.45) is 1.34. The summed E-state index contributed by atoms with van der Waals surface area (Å²) in [5.41, 5.74) is 1.53. The highest BCUT2D eigenvalue weighted by Gasteiger charge is 2.16. The number of benzene rings is 3. The second-order valence-corrected chi connectivity index (χ2v) is 8.63. The van der Waals surface area contributed by atoms with Crippen molar-refractivity contribution in [3.05, 3.63) is 88.9 Å². The van der Waals surface area contributed by atoms with Crippen molar-refractivity contribution < 1.29 is 23.1 Å². The number of sulfonamides is 1. The van der Waals surface area contributed by atoms with Crippen molar-refractivity contribution in [3.63, 3.8) is 0 Å². The fourth-order valence-electron chi connectivity index (χ4n) is 2.78. The first-order valence-electron chi connectivity index (χ1n) is 9.17. The van der Waals surface area contributed by atoms with Gasteiger partial charge in [0.25, 0.3) is 10.0 Å². The van der Waals surface area contributed by atoms with Crippen molar-refractivity contribution in [2.75, 3.05) is 11.3 Å². The number of nitrogens with one attached hydrogen (secondary N) is 1. The van der Waals surface area contributed by atoms with Gasteiger partial charge in [0.15, 0.2) is 0 Å². The molecule has 0 aliphatic carbocycles. The molecule has 0 atom stereocenters. The highest BCUT2D eigenvalue weighted by molar-refractivity contribution is 7.92. The van der Waals surface area contributed by atoms with E-state index in [-0.39, 0.29) is 10.5 Å². The van der Waals surface area contributed by atoms with Crippen LogP contribution in [0.3, 0.4) is 0 Å². The van der Waals surface area contributed by atoms with Crippen molar-refractivity contribution in [1.29, 1.82) is 0 Å². The van der Waals surface area contributed by atoms with E-state index in [9.17, 15) is 13.2 Å². The predicted octanol–water partition coefficient (Wildman–Crippen LogP) is 4.85. The molecule has 0 heterocycles. The molecular weight excluding hydrogens is 426 g/mol. The Morgan fingerprint density at radius 3 is 2.37 bits per heavy atom. The SMILES string of the molecule is O=C(O)c1ccc(CCCOc2cc(Cl)ccc2NS(=O)(=O)c2ccccc2)cc1. The van der Waals surface area contributed by atoms with Crippen LogP contribution in [0.2, 0.25) is 5.02 Å². The molecule has 0 amide bonds. The van der Waals surface area contributed by atoms with Gasteiger partial charge in [-0.2, -0.15) is 0 Å². The first-order chi connectivity index (χ1) is 14.3. The number of carboxylic acids is 1. The largest absolute Gasteiger partial charge is 0.491 e. The van der Waals surface area contributed by atoms with Gasteiger partial charge in [0, 0.05) is 11.1 Å². The van der Waals surface area contributed by atoms with Crippen LogP contribution >= 0.6 is 11.6 Å². The monoisotopic (exact) mass is 445 g/mol. The zero-order valence-electron chi connectivity index (χ0n) is 15.9. The Morgan fingerprint density at radius 2 is 1.70 bits per heavy atom. The van der Waals surface area contributed by atoms with E-state index in [1.165, 1.54) is 12.1 Å². The lowest BCUT2D eigenvalue weighted by Crippen LogP contribution is -2.14. The zero-order chi connectivity index (χ0) is 21.6. The van der Waals surface area contributed by atoms with Gasteiger partial charge in [-0.25, -0.2) is 13.2 Å². The minimum atomic E-state index is -3.75. The van der Waals surface area contributed by atoms with Gasteiger partial charge in [-0.15, -0.1) is 0 Å². The smallest absolute Gasteiger partial charge is 0.335 e. The minimum absolute atomic E-state index is 0.149. The van der Waals surface area contributed by atoms with Gasteiger partial charge in [-0.3, -0.25) is 4.72 Å². The molecule has 2 N–H and O–H groups in total. The number of aryl methyl sites for hydroxylation is 1. The number of anilines is 1. The number of halogens is 1. The van der Waals surface area contributed by atoms with Crippen LogP contribution in [0.25, 0.3) is 0 Å². The summed E-state index contributed by atoms with van der Waals surface area (Å²) in [7, 11) is -3.75. The first-order valence-corrected chi connectivity index (χ1v) is 11.0. The van der Waals surface area contributed by atoms with Crippen molar-refractivity contribution in [2.45, 2.75) is 17.7 Å². The topological polar surface area (TPSA) is 92.7 Å². The molecule has 0 fully saturated rings. The minimum Gasteiger partial charge on any atom is -0.491 e. The normalized spacial score (nSPS) is 11.1. The van der Waals surface area contributed by atoms with Gasteiger partial charge in [0.1, 0.15) is 5.75 Å². The quantitative estimate of drug-likeness (QED) is 0.459. The number of hydrogen-bond acceptors (Lipinski definition) is 4. The van der Waals surface area contributed by atoms with Crippen LogP contribution in [0, 0.1) is 0 Å². The van der Waals surface area contributed by atoms with Crippen LogP contribution in [0.1, 0.15) is 22.3 Å². The fraction of sp³-hybridized carbons (Fsp3) is 0.136. The van der Waals surface area contributed by atoms with E-state index in [4.69, 9.17) is 21.4 Å². The Kier molecular flexibility index (Phi) is 6.97. The second-order valence-electron chi connectivity index (χ2n) is 6.51. The summed E-state index contributed by atoms with van der Waals surface area (Å²) in [4.78, 5) is 11.0. The lowest BCUT2D eigenvalue weighted by atomic mass is 10.1. The summed E-state index contributed by atoms with van der Waals surface area (Å²) in [6, 6.07) is 19.4. The summed E-state index contributed by atoms with van der Waals surface area (Å²) >= 11 is 6.05. The van der Waals surface area contributed by atoms with Gasteiger partial charge in [0.2, 0.25) is 0 Å². The molecule has 0 saturated carbocycles. The van der Waals surface area contributed by atoms with Crippen molar-refractivity contribution in [1.82, 2.24) is 0 Å². The van der Waals surface area contributed by atoms with E-state index in [0.29, 0.717) is 35.9 Å². The number of carbonyl (C=O) groups is 1. The van der Waals surface area contributed by atoms with Gasteiger partial charge in [0.05, 0.1) is 22.8 Å². The van der Waals surface area contributed by atoms with E-state index in [1.54, 1.807) is 60.7 Å². The molecule has 0 aromatic heterocycles. The van der Waals surface area contributed by atoms with Crippen LogP contribution in [-0.4, -0.2) is 26.1 Å². The number of ether oxygens (including phenoxy) is 1. The lowest BCUT2D eigenvalue weighted by molar-refractivity contribution is 0.0697. The first kappa shape index (κ1) is 21.7. The van der Waals surface area contributed by atoms with E-state index in [2.05, 4.69) is 4.72 Å². The summed E-state index contributed by atoms with van der Waals surface area (Å²) in [5.74, 6) is -0.625. The number of aromatic carboxylic acids is 1. The molecule has 0 unspecified atom stereocenters. The molecule has 0 aliphatic rings. The molecule has 0 bridgehead atoms. The Bertz CT molecular complexity index is 1120. The maximum atomic E-state index is 12.6. The van der Waals surface area contributed by atoms with Crippen LogP contribution in [0.4, 0.5) is 5.69 Å². The number of rotatable bonds is 9. The van der Waals surface area contributed by atoms with Gasteiger partial charge in [-0.05, 0) is 54.8 Å². The summed E-state index contributed by atoms with van der Waals surface area (Å²) in [6.45, 7) is 0.334. The molecule has 0 saturated heterocycles. The average Bonchev–Trinajstić information content (AvgIpc) is 2.74. The highest BCUT2D eigenvalue weighted by atomic mass is 35.5. The van der Waals surface area contributed by atoms with E-state index >= 15 is 0 Å². The fourth-order valence-corrected chi connectivity index (χ4v) is 4.03. The molecule has 30 heavy (non-hydrogen) atoms. The van der Waals surface area contributed by atoms with E-state index in [0.717, 1.165) is 5.56 Å². The molecule has 3 aromatic rings. The standard InChI is InChI=1S/C22H20ClNO5S/c23-18-12-13-20(24-30(27,28)19-6-2-1-3-7-19)21(15-18)29-14-4-5-16-8-10-17(11-9-16)22(25)26/h1-3,6-13,15,24H,4-5,14H2,(H,25,26). The van der Waals surface area contributed by atoms with Crippen molar-refractivity contribution >= 4 is 33.3 Å². The van der Waals surface area contributed by atoms with Crippen LogP contribution in [-0.2, 0) is 16.4 Å².